The number of nitrogen functional groups attached to an aromatic ring is 1. The standard InChI is InChI=1S/C14H14Br2N2O/c1-8-5-12(10(16)7-11(8)17)18-13-6-9(15)3-4-14(13)19-2/h3-7,18H,17H2,1-2H3. The van der Waals surface area contributed by atoms with Gasteiger partial charge in [-0.1, -0.05) is 15.9 Å². The van der Waals surface area contributed by atoms with Crippen LogP contribution in [0, 0.1) is 6.92 Å². The van der Waals surface area contributed by atoms with Gasteiger partial charge in [0, 0.05) is 14.6 Å². The van der Waals surface area contributed by atoms with Crippen molar-refractivity contribution in [2.24, 2.45) is 0 Å². The maximum atomic E-state index is 5.87. The summed E-state index contributed by atoms with van der Waals surface area (Å²) in [5.41, 5.74) is 9.50. The lowest BCUT2D eigenvalue weighted by atomic mass is 10.1. The molecule has 5 heteroatoms. The molecule has 3 N–H and O–H groups in total. The van der Waals surface area contributed by atoms with Crippen LogP contribution in [0.5, 0.6) is 5.75 Å². The molecule has 0 saturated carbocycles. The van der Waals surface area contributed by atoms with Gasteiger partial charge in [0.05, 0.1) is 18.5 Å². The van der Waals surface area contributed by atoms with Gasteiger partial charge in [0.1, 0.15) is 5.75 Å². The van der Waals surface area contributed by atoms with E-state index in [0.717, 1.165) is 37.3 Å². The second-order valence-electron chi connectivity index (χ2n) is 4.16. The van der Waals surface area contributed by atoms with E-state index in [4.69, 9.17) is 10.5 Å². The molecule has 2 rings (SSSR count). The van der Waals surface area contributed by atoms with Crippen LogP contribution in [0.25, 0.3) is 0 Å². The summed E-state index contributed by atoms with van der Waals surface area (Å²) in [5, 5.41) is 3.34. The molecule has 0 unspecified atom stereocenters. The number of hydrogen-bond acceptors (Lipinski definition) is 3. The van der Waals surface area contributed by atoms with Crippen LogP contribution in [0.15, 0.2) is 39.3 Å². The van der Waals surface area contributed by atoms with Gasteiger partial charge in [-0.05, 0) is 58.7 Å². The van der Waals surface area contributed by atoms with E-state index in [2.05, 4.69) is 37.2 Å². The summed E-state index contributed by atoms with van der Waals surface area (Å²) in [7, 11) is 1.65. The lowest BCUT2D eigenvalue weighted by Gasteiger charge is -2.14. The van der Waals surface area contributed by atoms with Gasteiger partial charge < -0.3 is 15.8 Å². The van der Waals surface area contributed by atoms with Crippen molar-refractivity contribution in [1.82, 2.24) is 0 Å². The molecule has 0 amide bonds. The molecule has 0 heterocycles. The fourth-order valence-corrected chi connectivity index (χ4v) is 2.54. The van der Waals surface area contributed by atoms with Crippen LogP contribution >= 0.6 is 31.9 Å². The van der Waals surface area contributed by atoms with Crippen molar-refractivity contribution < 1.29 is 4.74 Å². The lowest BCUT2D eigenvalue weighted by molar-refractivity contribution is 0.417. The average Bonchev–Trinajstić information content (AvgIpc) is 2.36. The van der Waals surface area contributed by atoms with E-state index in [-0.39, 0.29) is 0 Å². The minimum Gasteiger partial charge on any atom is -0.495 e. The number of ether oxygens (including phenoxy) is 1. The van der Waals surface area contributed by atoms with Gasteiger partial charge in [0.15, 0.2) is 0 Å². The van der Waals surface area contributed by atoms with Crippen LogP contribution in [0.1, 0.15) is 5.56 Å². The Morgan fingerprint density at radius 1 is 1.11 bits per heavy atom. The summed E-state index contributed by atoms with van der Waals surface area (Å²) in [6.07, 6.45) is 0. The van der Waals surface area contributed by atoms with E-state index in [1.165, 1.54) is 0 Å². The Balaban J connectivity index is 2.41. The Labute approximate surface area is 129 Å². The fourth-order valence-electron chi connectivity index (χ4n) is 1.72. The summed E-state index contributed by atoms with van der Waals surface area (Å²) in [6.45, 7) is 1.98. The Hall–Kier alpha value is -1.20. The highest BCUT2D eigenvalue weighted by molar-refractivity contribution is 9.10. The Morgan fingerprint density at radius 3 is 2.53 bits per heavy atom. The normalized spacial score (nSPS) is 10.3. The van der Waals surface area contributed by atoms with Gasteiger partial charge >= 0.3 is 0 Å². The zero-order chi connectivity index (χ0) is 14.0. The third kappa shape index (κ3) is 3.22. The van der Waals surface area contributed by atoms with Crippen LogP contribution in [-0.2, 0) is 0 Å². The third-order valence-electron chi connectivity index (χ3n) is 2.79. The number of halogens is 2. The average molecular weight is 386 g/mol. The second-order valence-corrected chi connectivity index (χ2v) is 5.93. The molecule has 0 aliphatic carbocycles. The van der Waals surface area contributed by atoms with Crippen molar-refractivity contribution in [3.05, 3.63) is 44.8 Å². The highest BCUT2D eigenvalue weighted by atomic mass is 79.9. The summed E-state index contributed by atoms with van der Waals surface area (Å²) in [6, 6.07) is 9.70. The zero-order valence-corrected chi connectivity index (χ0v) is 13.8. The van der Waals surface area contributed by atoms with E-state index in [9.17, 15) is 0 Å². The van der Waals surface area contributed by atoms with Crippen LogP contribution in [0.3, 0.4) is 0 Å². The van der Waals surface area contributed by atoms with E-state index >= 15 is 0 Å². The molecule has 0 radical (unpaired) electrons. The topological polar surface area (TPSA) is 47.3 Å². The monoisotopic (exact) mass is 384 g/mol. The van der Waals surface area contributed by atoms with Crippen LogP contribution in [0.4, 0.5) is 17.1 Å². The predicted molar refractivity (Wildman–Crippen MR) is 87.3 cm³/mol. The highest BCUT2D eigenvalue weighted by Gasteiger charge is 2.08. The summed E-state index contributed by atoms with van der Waals surface area (Å²) >= 11 is 6.96. The first-order chi connectivity index (χ1) is 9.01. The largest absolute Gasteiger partial charge is 0.495 e. The van der Waals surface area contributed by atoms with Crippen molar-refractivity contribution in [1.29, 1.82) is 0 Å². The van der Waals surface area contributed by atoms with Crippen molar-refractivity contribution >= 4 is 48.9 Å². The number of rotatable bonds is 3. The van der Waals surface area contributed by atoms with Crippen LogP contribution in [-0.4, -0.2) is 7.11 Å². The molecule has 2 aromatic rings. The van der Waals surface area contributed by atoms with Gasteiger partial charge in [-0.15, -0.1) is 0 Å². The van der Waals surface area contributed by atoms with Crippen molar-refractivity contribution in [2.75, 3.05) is 18.2 Å². The van der Waals surface area contributed by atoms with Crippen molar-refractivity contribution in [3.63, 3.8) is 0 Å². The van der Waals surface area contributed by atoms with Crippen molar-refractivity contribution in [3.8, 4) is 5.75 Å². The van der Waals surface area contributed by atoms with Crippen LogP contribution in [0.2, 0.25) is 0 Å². The SMILES string of the molecule is COc1ccc(Br)cc1Nc1cc(C)c(N)cc1Br. The smallest absolute Gasteiger partial charge is 0.142 e. The molecule has 0 atom stereocenters. The molecule has 0 aromatic heterocycles. The Kier molecular flexibility index (Phi) is 4.37. The first-order valence-corrected chi connectivity index (χ1v) is 7.26. The Bertz CT molecular complexity index is 615. The minimum absolute atomic E-state index is 0.763. The van der Waals surface area contributed by atoms with Gasteiger partial charge in [0.2, 0.25) is 0 Å². The molecule has 0 aliphatic rings. The zero-order valence-electron chi connectivity index (χ0n) is 10.6. The number of anilines is 3. The lowest BCUT2D eigenvalue weighted by Crippen LogP contribution is -1.98. The van der Waals surface area contributed by atoms with Gasteiger partial charge in [-0.3, -0.25) is 0 Å². The molecule has 100 valence electrons. The molecular weight excluding hydrogens is 372 g/mol. The summed E-state index contributed by atoms with van der Waals surface area (Å²) in [5.74, 6) is 0.782. The molecule has 0 fully saturated rings. The van der Waals surface area contributed by atoms with E-state index in [1.807, 2.05) is 37.3 Å². The van der Waals surface area contributed by atoms with Gasteiger partial charge in [0.25, 0.3) is 0 Å². The maximum Gasteiger partial charge on any atom is 0.142 e. The van der Waals surface area contributed by atoms with Crippen LogP contribution < -0.4 is 15.8 Å². The molecular formula is C14H14Br2N2O. The Morgan fingerprint density at radius 2 is 1.84 bits per heavy atom. The molecule has 0 bridgehead atoms. The number of nitrogens with two attached hydrogens (primary N) is 1. The first-order valence-electron chi connectivity index (χ1n) is 5.67. The molecule has 0 saturated heterocycles. The molecule has 2 aromatic carbocycles. The maximum absolute atomic E-state index is 5.87. The van der Waals surface area contributed by atoms with Crippen molar-refractivity contribution in [2.45, 2.75) is 6.92 Å². The fraction of sp³-hybridized carbons (Fsp3) is 0.143. The minimum atomic E-state index is 0.763. The highest BCUT2D eigenvalue weighted by Crippen LogP contribution is 2.35. The van der Waals surface area contributed by atoms with Gasteiger partial charge in [-0.25, -0.2) is 0 Å². The molecule has 19 heavy (non-hydrogen) atoms. The number of benzene rings is 2. The summed E-state index contributed by atoms with van der Waals surface area (Å²) < 4.78 is 7.24. The number of hydrogen-bond donors (Lipinski definition) is 2. The second kappa shape index (κ2) is 5.84. The molecule has 0 aliphatic heterocycles. The van der Waals surface area contributed by atoms with E-state index < -0.39 is 0 Å². The molecule has 0 spiro atoms. The number of aryl methyl sites for hydroxylation is 1. The third-order valence-corrected chi connectivity index (χ3v) is 3.94. The molecule has 3 nitrogen and oxygen atoms in total. The van der Waals surface area contributed by atoms with E-state index in [0.29, 0.717) is 0 Å². The summed E-state index contributed by atoms with van der Waals surface area (Å²) in [4.78, 5) is 0. The quantitative estimate of drug-likeness (QED) is 0.742. The number of methoxy groups -OCH3 is 1. The number of nitrogens with one attached hydrogen (secondary N) is 1. The first kappa shape index (κ1) is 14.2. The van der Waals surface area contributed by atoms with E-state index in [1.54, 1.807) is 7.11 Å². The predicted octanol–water partition coefficient (Wildman–Crippen LogP) is 4.85. The van der Waals surface area contributed by atoms with Gasteiger partial charge in [-0.2, -0.15) is 0 Å².